The minimum absolute atomic E-state index is 0.774. The van der Waals surface area contributed by atoms with E-state index in [1.54, 1.807) is 0 Å². The van der Waals surface area contributed by atoms with Crippen LogP contribution in [0.25, 0.3) is 22.1 Å². The Bertz CT molecular complexity index is 2690. The van der Waals surface area contributed by atoms with Gasteiger partial charge in [0.1, 0.15) is 26.2 Å². The first-order valence-corrected chi connectivity index (χ1v) is 19.1. The van der Waals surface area contributed by atoms with E-state index in [0.29, 0.717) is 0 Å². The standard InChI is InChI=1S/C52H40N4/c1-3-13-41(14-4-1)23-25-43-27-31-45(32-28-43)35-53-39-55(51-21-11-9-19-49(51)53)37-47-17-7-8-18-48(47)38-56-40-54(50-20-10-12-22-52(50)56)36-46-33-29-44(30-34-46)26-24-42-15-5-2-6-16-42/h1-22,27-34,39-40H,35-38H2/q+2. The Morgan fingerprint density at radius 1 is 0.339 bits per heavy atom. The molecule has 0 bridgehead atoms. The van der Waals surface area contributed by atoms with Gasteiger partial charge in [-0.05, 0) is 83.9 Å². The molecule has 266 valence electrons. The van der Waals surface area contributed by atoms with Crippen LogP contribution in [0.1, 0.15) is 44.5 Å². The topological polar surface area (TPSA) is 17.6 Å². The zero-order valence-electron chi connectivity index (χ0n) is 31.1. The van der Waals surface area contributed by atoms with Gasteiger partial charge in [0, 0.05) is 33.4 Å². The number of nitrogens with zero attached hydrogens (tertiary/aromatic N) is 4. The highest BCUT2D eigenvalue weighted by Gasteiger charge is 2.20. The number of fused-ring (bicyclic) bond motifs is 2. The van der Waals surface area contributed by atoms with E-state index in [1.165, 1.54) is 44.3 Å². The molecule has 0 radical (unpaired) electrons. The quantitative estimate of drug-likeness (QED) is 0.110. The number of imidazole rings is 2. The lowest BCUT2D eigenvalue weighted by molar-refractivity contribution is -0.663. The van der Waals surface area contributed by atoms with Gasteiger partial charge < -0.3 is 0 Å². The van der Waals surface area contributed by atoms with Crippen molar-refractivity contribution in [1.82, 2.24) is 9.13 Å². The van der Waals surface area contributed by atoms with Gasteiger partial charge in [0.15, 0.2) is 22.1 Å². The van der Waals surface area contributed by atoms with Crippen LogP contribution in [0.3, 0.4) is 0 Å². The third-order valence-corrected chi connectivity index (χ3v) is 10.2. The summed E-state index contributed by atoms with van der Waals surface area (Å²) in [6, 6.07) is 63.7. The van der Waals surface area contributed by atoms with Crippen molar-refractivity contribution in [3.8, 4) is 23.7 Å². The zero-order valence-corrected chi connectivity index (χ0v) is 31.1. The van der Waals surface area contributed by atoms with Crippen molar-refractivity contribution in [3.05, 3.63) is 239 Å². The second kappa shape index (κ2) is 15.9. The van der Waals surface area contributed by atoms with Crippen LogP contribution in [0.15, 0.2) is 195 Å². The van der Waals surface area contributed by atoms with E-state index in [9.17, 15) is 0 Å². The Morgan fingerprint density at radius 3 is 1.09 bits per heavy atom. The monoisotopic (exact) mass is 720 g/mol. The largest absolute Gasteiger partial charge is 0.245 e. The molecule has 0 unspecified atom stereocenters. The van der Waals surface area contributed by atoms with Crippen LogP contribution in [-0.2, 0) is 26.2 Å². The summed E-state index contributed by atoms with van der Waals surface area (Å²) >= 11 is 0. The van der Waals surface area contributed by atoms with Crippen LogP contribution in [-0.4, -0.2) is 9.13 Å². The Balaban J connectivity index is 0.941. The molecule has 0 aliphatic rings. The molecule has 0 amide bonds. The van der Waals surface area contributed by atoms with E-state index >= 15 is 0 Å². The van der Waals surface area contributed by atoms with Gasteiger partial charge in [-0.25, -0.2) is 18.3 Å². The van der Waals surface area contributed by atoms with Crippen LogP contribution in [0.2, 0.25) is 0 Å². The van der Waals surface area contributed by atoms with Gasteiger partial charge in [0.2, 0.25) is 12.7 Å². The highest BCUT2D eigenvalue weighted by atomic mass is 15.1. The van der Waals surface area contributed by atoms with Crippen molar-refractivity contribution >= 4 is 22.1 Å². The predicted octanol–water partition coefficient (Wildman–Crippen LogP) is 9.16. The Hall–Kier alpha value is -7.40. The molecule has 4 nitrogen and oxygen atoms in total. The normalized spacial score (nSPS) is 10.9. The lowest BCUT2D eigenvalue weighted by Crippen LogP contribution is -2.33. The molecule has 56 heavy (non-hydrogen) atoms. The molecular weight excluding hydrogens is 681 g/mol. The summed E-state index contributed by atoms with van der Waals surface area (Å²) in [4.78, 5) is 0. The maximum absolute atomic E-state index is 3.30. The number of para-hydroxylation sites is 4. The molecule has 0 aliphatic heterocycles. The fourth-order valence-electron chi connectivity index (χ4n) is 7.33. The first-order chi connectivity index (χ1) is 27.7. The summed E-state index contributed by atoms with van der Waals surface area (Å²) in [7, 11) is 0. The maximum atomic E-state index is 3.30. The number of hydrogen-bond donors (Lipinski definition) is 0. The fourth-order valence-corrected chi connectivity index (χ4v) is 7.33. The minimum Gasteiger partial charge on any atom is -0.226 e. The van der Waals surface area contributed by atoms with Crippen LogP contribution in [0.5, 0.6) is 0 Å². The van der Waals surface area contributed by atoms with Gasteiger partial charge in [0.25, 0.3) is 0 Å². The fraction of sp³-hybridized carbons (Fsp3) is 0.0769. The molecule has 0 fully saturated rings. The molecule has 9 rings (SSSR count). The van der Waals surface area contributed by atoms with E-state index < -0.39 is 0 Å². The van der Waals surface area contributed by atoms with Crippen LogP contribution in [0, 0.1) is 23.7 Å². The third-order valence-electron chi connectivity index (χ3n) is 10.2. The molecule has 9 aromatic rings. The van der Waals surface area contributed by atoms with E-state index in [4.69, 9.17) is 0 Å². The summed E-state index contributed by atoms with van der Waals surface area (Å²) in [5.74, 6) is 13.1. The van der Waals surface area contributed by atoms with E-state index in [0.717, 1.165) is 48.4 Å². The second-order valence-corrected chi connectivity index (χ2v) is 14.1. The molecule has 2 aromatic heterocycles. The summed E-state index contributed by atoms with van der Waals surface area (Å²) in [5, 5.41) is 0. The maximum Gasteiger partial charge on any atom is 0.245 e. The smallest absolute Gasteiger partial charge is 0.226 e. The van der Waals surface area contributed by atoms with Crippen LogP contribution < -0.4 is 9.13 Å². The molecule has 0 saturated carbocycles. The first-order valence-electron chi connectivity index (χ1n) is 19.1. The molecule has 7 aromatic carbocycles. The van der Waals surface area contributed by atoms with Crippen LogP contribution in [0.4, 0.5) is 0 Å². The first kappa shape index (κ1) is 34.4. The summed E-state index contributed by atoms with van der Waals surface area (Å²) in [5.41, 5.74) is 14.0. The molecule has 0 aliphatic carbocycles. The SMILES string of the molecule is C(#Cc1ccc(C[n+]2cn(Cc3ccccc3Cn3c[n+](Cc4ccc(C#Cc5ccccc5)cc4)c4ccccc43)c3ccccc32)cc1)c1ccccc1. The third kappa shape index (κ3) is 7.78. The molecule has 4 heteroatoms. The average molecular weight is 721 g/mol. The van der Waals surface area contributed by atoms with Crippen molar-refractivity contribution in [1.29, 1.82) is 0 Å². The lowest BCUT2D eigenvalue weighted by Gasteiger charge is -2.07. The van der Waals surface area contributed by atoms with Crippen LogP contribution >= 0.6 is 0 Å². The number of rotatable bonds is 8. The molecular formula is C52H40N4+2. The highest BCUT2D eigenvalue weighted by molar-refractivity contribution is 5.72. The van der Waals surface area contributed by atoms with E-state index in [1.807, 2.05) is 60.7 Å². The Morgan fingerprint density at radius 2 is 0.679 bits per heavy atom. The second-order valence-electron chi connectivity index (χ2n) is 14.1. The van der Waals surface area contributed by atoms with Gasteiger partial charge in [-0.3, -0.25) is 0 Å². The molecule has 0 N–H and O–H groups in total. The van der Waals surface area contributed by atoms with Crippen molar-refractivity contribution in [3.63, 3.8) is 0 Å². The molecule has 0 saturated heterocycles. The van der Waals surface area contributed by atoms with E-state index in [-0.39, 0.29) is 0 Å². The molecule has 0 atom stereocenters. The summed E-state index contributed by atoms with van der Waals surface area (Å²) in [6.07, 6.45) is 4.53. The van der Waals surface area contributed by atoms with Crippen molar-refractivity contribution in [2.75, 3.05) is 0 Å². The van der Waals surface area contributed by atoms with Gasteiger partial charge in [-0.2, -0.15) is 0 Å². The zero-order chi connectivity index (χ0) is 37.5. The number of hydrogen-bond acceptors (Lipinski definition) is 0. The lowest BCUT2D eigenvalue weighted by atomic mass is 10.1. The molecule has 2 heterocycles. The average Bonchev–Trinajstić information content (AvgIpc) is 3.78. The highest BCUT2D eigenvalue weighted by Crippen LogP contribution is 2.20. The molecule has 0 spiro atoms. The summed E-state index contributed by atoms with van der Waals surface area (Å²) in [6.45, 7) is 3.11. The summed E-state index contributed by atoms with van der Waals surface area (Å²) < 4.78 is 9.48. The van der Waals surface area contributed by atoms with Crippen molar-refractivity contribution in [2.24, 2.45) is 0 Å². The Labute approximate surface area is 328 Å². The minimum atomic E-state index is 0.774. The van der Waals surface area contributed by atoms with Gasteiger partial charge in [-0.1, -0.05) is 133 Å². The number of aromatic nitrogens is 4. The predicted molar refractivity (Wildman–Crippen MR) is 225 cm³/mol. The number of benzene rings is 7. The van der Waals surface area contributed by atoms with Gasteiger partial charge >= 0.3 is 0 Å². The van der Waals surface area contributed by atoms with Gasteiger partial charge in [0.05, 0.1) is 0 Å². The van der Waals surface area contributed by atoms with Crippen molar-refractivity contribution in [2.45, 2.75) is 26.2 Å². The van der Waals surface area contributed by atoms with E-state index in [2.05, 4.69) is 176 Å². The Kier molecular flexibility index (Phi) is 9.77. The van der Waals surface area contributed by atoms with Crippen molar-refractivity contribution < 1.29 is 9.13 Å². The van der Waals surface area contributed by atoms with Gasteiger partial charge in [-0.15, -0.1) is 0 Å².